The van der Waals surface area contributed by atoms with Crippen molar-refractivity contribution < 1.29 is 4.74 Å². The molecule has 0 amide bonds. The van der Waals surface area contributed by atoms with Gasteiger partial charge in [-0.05, 0) is 25.7 Å². The molecule has 0 aromatic carbocycles. The van der Waals surface area contributed by atoms with Crippen LogP contribution in [0.4, 0.5) is 0 Å². The molecule has 1 saturated heterocycles. The van der Waals surface area contributed by atoms with Crippen LogP contribution in [0.1, 0.15) is 25.7 Å². The molecule has 1 saturated carbocycles. The van der Waals surface area contributed by atoms with Crippen molar-refractivity contribution >= 4 is 22.6 Å². The maximum atomic E-state index is 5.29. The van der Waals surface area contributed by atoms with E-state index in [9.17, 15) is 0 Å². The molecule has 0 N–H and O–H groups in total. The third-order valence-electron chi connectivity index (χ3n) is 3.35. The first kappa shape index (κ1) is 10.2. The van der Waals surface area contributed by atoms with Crippen LogP contribution in [0.3, 0.4) is 0 Å². The van der Waals surface area contributed by atoms with Crippen molar-refractivity contribution in [2.75, 3.05) is 20.2 Å². The van der Waals surface area contributed by atoms with Gasteiger partial charge < -0.3 is 4.74 Å². The van der Waals surface area contributed by atoms with Crippen LogP contribution < -0.4 is 0 Å². The van der Waals surface area contributed by atoms with E-state index in [0.29, 0.717) is 6.10 Å². The van der Waals surface area contributed by atoms with Crippen molar-refractivity contribution in [3.8, 4) is 0 Å². The van der Waals surface area contributed by atoms with E-state index in [1.165, 1.54) is 38.8 Å². The first-order chi connectivity index (χ1) is 6.29. The molecule has 2 aliphatic rings. The predicted octanol–water partition coefficient (Wildman–Crippen LogP) is 2.06. The lowest BCUT2D eigenvalue weighted by Crippen LogP contribution is -2.56. The third-order valence-corrected chi connectivity index (χ3v) is 4.60. The Hall–Kier alpha value is 0.650. The molecule has 0 aromatic rings. The minimum absolute atomic E-state index is 0.525. The smallest absolute Gasteiger partial charge is 0.0825 e. The Labute approximate surface area is 94.1 Å². The SMILES string of the molecule is COC1CN(C2CCC(I)CC2)C1. The Morgan fingerprint density at radius 3 is 2.31 bits per heavy atom. The topological polar surface area (TPSA) is 12.5 Å². The van der Waals surface area contributed by atoms with Gasteiger partial charge in [0.05, 0.1) is 6.10 Å². The molecule has 0 unspecified atom stereocenters. The van der Waals surface area contributed by atoms with Crippen molar-refractivity contribution in [1.82, 2.24) is 4.90 Å². The first-order valence-electron chi connectivity index (χ1n) is 5.20. The van der Waals surface area contributed by atoms with Gasteiger partial charge in [0.1, 0.15) is 0 Å². The third kappa shape index (κ3) is 2.36. The fourth-order valence-electron chi connectivity index (χ4n) is 2.32. The van der Waals surface area contributed by atoms with Gasteiger partial charge in [0, 0.05) is 30.2 Å². The molecule has 2 rings (SSSR count). The number of likely N-dealkylation sites (tertiary alicyclic amines) is 1. The van der Waals surface area contributed by atoms with Gasteiger partial charge in [0.15, 0.2) is 0 Å². The van der Waals surface area contributed by atoms with Gasteiger partial charge in [0.25, 0.3) is 0 Å². The summed E-state index contributed by atoms with van der Waals surface area (Å²) in [6.07, 6.45) is 6.17. The Kier molecular flexibility index (Phi) is 3.48. The molecule has 2 nitrogen and oxygen atoms in total. The molecule has 1 aliphatic heterocycles. The number of nitrogens with zero attached hydrogens (tertiary/aromatic N) is 1. The molecule has 2 fully saturated rings. The average Bonchev–Trinajstić information content (AvgIpc) is 2.06. The van der Waals surface area contributed by atoms with E-state index < -0.39 is 0 Å². The first-order valence-corrected chi connectivity index (χ1v) is 6.45. The molecular weight excluding hydrogens is 277 g/mol. The largest absolute Gasteiger partial charge is 0.379 e. The standard InChI is InChI=1S/C10H18INO/c1-13-10-6-12(7-10)9-4-2-8(11)3-5-9/h8-10H,2-7H2,1H3. The highest BCUT2D eigenvalue weighted by molar-refractivity contribution is 14.1. The summed E-state index contributed by atoms with van der Waals surface area (Å²) in [7, 11) is 1.82. The monoisotopic (exact) mass is 295 g/mol. The van der Waals surface area contributed by atoms with E-state index in [0.717, 1.165) is 9.97 Å². The van der Waals surface area contributed by atoms with E-state index >= 15 is 0 Å². The number of rotatable bonds is 2. The Morgan fingerprint density at radius 2 is 1.77 bits per heavy atom. The van der Waals surface area contributed by atoms with E-state index in [1.807, 2.05) is 7.11 Å². The maximum Gasteiger partial charge on any atom is 0.0825 e. The maximum absolute atomic E-state index is 5.29. The van der Waals surface area contributed by atoms with Crippen LogP contribution in [0.15, 0.2) is 0 Å². The number of alkyl halides is 1. The molecule has 76 valence electrons. The highest BCUT2D eigenvalue weighted by Gasteiger charge is 2.33. The second-order valence-electron chi connectivity index (χ2n) is 4.22. The summed E-state index contributed by atoms with van der Waals surface area (Å²) in [6, 6.07) is 0.873. The summed E-state index contributed by atoms with van der Waals surface area (Å²) in [5.74, 6) is 0. The predicted molar refractivity (Wildman–Crippen MR) is 62.4 cm³/mol. The molecular formula is C10H18INO. The van der Waals surface area contributed by atoms with E-state index in [4.69, 9.17) is 4.74 Å². The van der Waals surface area contributed by atoms with Crippen molar-refractivity contribution in [1.29, 1.82) is 0 Å². The fourth-order valence-corrected chi connectivity index (χ4v) is 3.04. The van der Waals surface area contributed by atoms with Crippen LogP contribution in [0.5, 0.6) is 0 Å². The summed E-state index contributed by atoms with van der Waals surface area (Å²) >= 11 is 2.59. The van der Waals surface area contributed by atoms with Crippen molar-refractivity contribution in [3.63, 3.8) is 0 Å². The average molecular weight is 295 g/mol. The molecule has 0 bridgehead atoms. The Morgan fingerprint density at radius 1 is 1.15 bits per heavy atom. The van der Waals surface area contributed by atoms with Gasteiger partial charge in [-0.15, -0.1) is 0 Å². The Balaban J connectivity index is 1.71. The number of hydrogen-bond donors (Lipinski definition) is 0. The quantitative estimate of drug-likeness (QED) is 0.571. The van der Waals surface area contributed by atoms with Gasteiger partial charge >= 0.3 is 0 Å². The van der Waals surface area contributed by atoms with Crippen LogP contribution in [0.2, 0.25) is 0 Å². The fraction of sp³-hybridized carbons (Fsp3) is 1.00. The van der Waals surface area contributed by atoms with Gasteiger partial charge in [0.2, 0.25) is 0 Å². The molecule has 0 spiro atoms. The number of halogens is 1. The van der Waals surface area contributed by atoms with Crippen LogP contribution in [0.25, 0.3) is 0 Å². The van der Waals surface area contributed by atoms with E-state index in [1.54, 1.807) is 0 Å². The Bertz CT molecular complexity index is 162. The van der Waals surface area contributed by atoms with Crippen molar-refractivity contribution in [3.05, 3.63) is 0 Å². The molecule has 0 aromatic heterocycles. The van der Waals surface area contributed by atoms with Crippen LogP contribution in [-0.4, -0.2) is 41.2 Å². The van der Waals surface area contributed by atoms with E-state index in [-0.39, 0.29) is 0 Å². The number of ether oxygens (including phenoxy) is 1. The van der Waals surface area contributed by atoms with Crippen molar-refractivity contribution in [2.24, 2.45) is 0 Å². The molecule has 3 heteroatoms. The second-order valence-corrected chi connectivity index (χ2v) is 5.98. The van der Waals surface area contributed by atoms with Crippen LogP contribution >= 0.6 is 22.6 Å². The van der Waals surface area contributed by atoms with Gasteiger partial charge in [-0.1, -0.05) is 22.6 Å². The normalized spacial score (nSPS) is 37.4. The molecule has 0 radical (unpaired) electrons. The zero-order chi connectivity index (χ0) is 9.26. The summed E-state index contributed by atoms with van der Waals surface area (Å²) in [4.78, 5) is 2.59. The summed E-state index contributed by atoms with van der Waals surface area (Å²) < 4.78 is 6.22. The van der Waals surface area contributed by atoms with Gasteiger partial charge in [-0.2, -0.15) is 0 Å². The lowest BCUT2D eigenvalue weighted by atomic mass is 9.92. The summed E-state index contributed by atoms with van der Waals surface area (Å²) in [5.41, 5.74) is 0. The molecule has 1 heterocycles. The number of methoxy groups -OCH3 is 1. The van der Waals surface area contributed by atoms with E-state index in [2.05, 4.69) is 27.5 Å². The lowest BCUT2D eigenvalue weighted by Gasteiger charge is -2.45. The van der Waals surface area contributed by atoms with Crippen LogP contribution in [0, 0.1) is 0 Å². The van der Waals surface area contributed by atoms with Crippen molar-refractivity contribution in [2.45, 2.75) is 41.8 Å². The second kappa shape index (κ2) is 4.45. The molecule has 1 aliphatic carbocycles. The number of hydrogen-bond acceptors (Lipinski definition) is 2. The minimum atomic E-state index is 0.525. The summed E-state index contributed by atoms with van der Waals surface area (Å²) in [5, 5.41) is 0. The highest BCUT2D eigenvalue weighted by atomic mass is 127. The highest BCUT2D eigenvalue weighted by Crippen LogP contribution is 2.30. The molecule has 13 heavy (non-hydrogen) atoms. The summed E-state index contributed by atoms with van der Waals surface area (Å²) in [6.45, 7) is 2.35. The minimum Gasteiger partial charge on any atom is -0.379 e. The molecule has 0 atom stereocenters. The lowest BCUT2D eigenvalue weighted by molar-refractivity contribution is -0.0565. The zero-order valence-corrected chi connectivity index (χ0v) is 10.4. The van der Waals surface area contributed by atoms with Gasteiger partial charge in [-0.25, -0.2) is 0 Å². The van der Waals surface area contributed by atoms with Gasteiger partial charge in [-0.3, -0.25) is 4.90 Å². The van der Waals surface area contributed by atoms with Crippen LogP contribution in [-0.2, 0) is 4.74 Å². The zero-order valence-electron chi connectivity index (χ0n) is 8.21.